The van der Waals surface area contributed by atoms with E-state index in [0.717, 1.165) is 42.1 Å². The number of carbonyl (C=O) groups is 1. The molecular weight excluding hydrogens is 298 g/mol. The van der Waals surface area contributed by atoms with Gasteiger partial charge in [0.1, 0.15) is 6.10 Å². The predicted octanol–water partition coefficient (Wildman–Crippen LogP) is 2.64. The average molecular weight is 317 g/mol. The highest BCUT2D eigenvalue weighted by molar-refractivity contribution is 7.10. The fourth-order valence-corrected chi connectivity index (χ4v) is 3.10. The van der Waals surface area contributed by atoms with Crippen LogP contribution in [0.15, 0.2) is 29.9 Å². The Morgan fingerprint density at radius 2 is 2.23 bits per heavy atom. The second-order valence-electron chi connectivity index (χ2n) is 5.34. The summed E-state index contributed by atoms with van der Waals surface area (Å²) in [7, 11) is 0. The van der Waals surface area contributed by atoms with Crippen LogP contribution in [0, 0.1) is 0 Å². The lowest BCUT2D eigenvalue weighted by atomic mass is 10.1. The Labute approximate surface area is 133 Å². The van der Waals surface area contributed by atoms with Crippen molar-refractivity contribution in [2.75, 3.05) is 6.61 Å². The number of ether oxygens (including phenoxy) is 1. The standard InChI is InChI=1S/C16H19N3O2S/c20-15(8-13-4-3-7-22-13)17-9-12-10-18-16(19-11-12)14-5-1-2-6-21-14/h3-4,7,10-11,14H,1-2,5-6,8-9H2,(H,17,20)/t14-/m0/s1. The molecule has 1 fully saturated rings. The molecule has 1 saturated heterocycles. The van der Waals surface area contributed by atoms with Crippen molar-refractivity contribution in [2.24, 2.45) is 0 Å². The topological polar surface area (TPSA) is 64.1 Å². The third-order valence-electron chi connectivity index (χ3n) is 3.60. The molecule has 116 valence electrons. The lowest BCUT2D eigenvalue weighted by Crippen LogP contribution is -2.24. The minimum atomic E-state index is 0.0159. The van der Waals surface area contributed by atoms with Gasteiger partial charge in [-0.15, -0.1) is 11.3 Å². The number of hydrogen-bond acceptors (Lipinski definition) is 5. The summed E-state index contributed by atoms with van der Waals surface area (Å²) in [5, 5.41) is 4.87. The van der Waals surface area contributed by atoms with Crippen LogP contribution in [-0.2, 0) is 22.5 Å². The summed E-state index contributed by atoms with van der Waals surface area (Å²) in [5.74, 6) is 0.760. The van der Waals surface area contributed by atoms with Crippen molar-refractivity contribution in [1.29, 1.82) is 0 Å². The number of carbonyl (C=O) groups excluding carboxylic acids is 1. The monoisotopic (exact) mass is 317 g/mol. The van der Waals surface area contributed by atoms with Gasteiger partial charge >= 0.3 is 0 Å². The molecule has 0 radical (unpaired) electrons. The van der Waals surface area contributed by atoms with Crippen molar-refractivity contribution in [3.8, 4) is 0 Å². The first-order valence-corrected chi connectivity index (χ1v) is 8.41. The first kappa shape index (κ1) is 15.1. The van der Waals surface area contributed by atoms with Crippen molar-refractivity contribution in [1.82, 2.24) is 15.3 Å². The summed E-state index contributed by atoms with van der Waals surface area (Å²) >= 11 is 1.59. The molecule has 5 nitrogen and oxygen atoms in total. The second kappa shape index (κ2) is 7.47. The first-order chi connectivity index (χ1) is 10.8. The number of nitrogens with one attached hydrogen (secondary N) is 1. The highest BCUT2D eigenvalue weighted by Crippen LogP contribution is 2.24. The van der Waals surface area contributed by atoms with E-state index in [1.54, 1.807) is 23.7 Å². The highest BCUT2D eigenvalue weighted by Gasteiger charge is 2.18. The van der Waals surface area contributed by atoms with E-state index >= 15 is 0 Å². The number of nitrogens with zero attached hydrogens (tertiary/aromatic N) is 2. The molecule has 0 saturated carbocycles. The largest absolute Gasteiger partial charge is 0.370 e. The van der Waals surface area contributed by atoms with E-state index in [1.165, 1.54) is 0 Å². The van der Waals surface area contributed by atoms with Crippen molar-refractivity contribution in [3.63, 3.8) is 0 Å². The maximum absolute atomic E-state index is 11.8. The third-order valence-corrected chi connectivity index (χ3v) is 4.47. The molecule has 0 spiro atoms. The van der Waals surface area contributed by atoms with E-state index in [4.69, 9.17) is 4.74 Å². The molecule has 1 amide bonds. The van der Waals surface area contributed by atoms with E-state index in [1.807, 2.05) is 17.5 Å². The van der Waals surface area contributed by atoms with Crippen LogP contribution in [0.25, 0.3) is 0 Å². The molecule has 1 aliphatic heterocycles. The maximum Gasteiger partial charge on any atom is 0.225 e. The van der Waals surface area contributed by atoms with Crippen molar-refractivity contribution < 1.29 is 9.53 Å². The van der Waals surface area contributed by atoms with Gasteiger partial charge in [0.2, 0.25) is 5.91 Å². The molecule has 3 heterocycles. The normalized spacial score (nSPS) is 18.1. The first-order valence-electron chi connectivity index (χ1n) is 7.53. The van der Waals surface area contributed by atoms with Crippen molar-refractivity contribution >= 4 is 17.2 Å². The Bertz CT molecular complexity index is 592. The average Bonchev–Trinajstić information content (AvgIpc) is 3.07. The summed E-state index contributed by atoms with van der Waals surface area (Å²) in [6.07, 6.45) is 7.25. The summed E-state index contributed by atoms with van der Waals surface area (Å²) in [5.41, 5.74) is 0.902. The SMILES string of the molecule is O=C(Cc1cccs1)NCc1cnc([C@@H]2CCCCO2)nc1. The fourth-order valence-electron chi connectivity index (χ4n) is 2.40. The van der Waals surface area contributed by atoms with Crippen molar-refractivity contribution in [2.45, 2.75) is 38.3 Å². The van der Waals surface area contributed by atoms with Gasteiger partial charge in [-0.25, -0.2) is 9.97 Å². The number of hydrogen-bond donors (Lipinski definition) is 1. The zero-order chi connectivity index (χ0) is 15.2. The van der Waals surface area contributed by atoms with E-state index in [0.29, 0.717) is 13.0 Å². The number of amides is 1. The fraction of sp³-hybridized carbons (Fsp3) is 0.438. The Morgan fingerprint density at radius 1 is 1.36 bits per heavy atom. The lowest BCUT2D eigenvalue weighted by molar-refractivity contribution is -0.120. The van der Waals surface area contributed by atoms with Gasteiger partial charge < -0.3 is 10.1 Å². The van der Waals surface area contributed by atoms with Crippen LogP contribution in [0.5, 0.6) is 0 Å². The summed E-state index contributed by atoms with van der Waals surface area (Å²) in [4.78, 5) is 21.6. The zero-order valence-corrected chi connectivity index (χ0v) is 13.1. The molecule has 22 heavy (non-hydrogen) atoms. The van der Waals surface area contributed by atoms with Gasteiger partial charge in [0, 0.05) is 36.0 Å². The molecule has 0 aromatic carbocycles. The van der Waals surface area contributed by atoms with Gasteiger partial charge in [0.05, 0.1) is 6.42 Å². The van der Waals surface area contributed by atoms with E-state index in [9.17, 15) is 4.79 Å². The highest BCUT2D eigenvalue weighted by atomic mass is 32.1. The molecule has 2 aromatic rings. The van der Waals surface area contributed by atoms with Gasteiger partial charge in [-0.3, -0.25) is 4.79 Å². The van der Waals surface area contributed by atoms with E-state index in [-0.39, 0.29) is 12.0 Å². The zero-order valence-electron chi connectivity index (χ0n) is 12.3. The second-order valence-corrected chi connectivity index (χ2v) is 6.37. The van der Waals surface area contributed by atoms with Gasteiger partial charge in [0.25, 0.3) is 0 Å². The molecule has 0 bridgehead atoms. The summed E-state index contributed by atoms with van der Waals surface area (Å²) in [6, 6.07) is 3.92. The van der Waals surface area contributed by atoms with Crippen LogP contribution >= 0.6 is 11.3 Å². The molecular formula is C16H19N3O2S. The Balaban J connectivity index is 1.49. The molecule has 0 aliphatic carbocycles. The molecule has 1 atom stereocenters. The lowest BCUT2D eigenvalue weighted by Gasteiger charge is -2.21. The summed E-state index contributed by atoms with van der Waals surface area (Å²) < 4.78 is 5.67. The van der Waals surface area contributed by atoms with E-state index in [2.05, 4.69) is 15.3 Å². The minimum Gasteiger partial charge on any atom is -0.370 e. The van der Waals surface area contributed by atoms with Crippen LogP contribution < -0.4 is 5.32 Å². The van der Waals surface area contributed by atoms with Gasteiger partial charge in [-0.05, 0) is 30.7 Å². The third kappa shape index (κ3) is 4.11. The van der Waals surface area contributed by atoms with Crippen LogP contribution in [-0.4, -0.2) is 22.5 Å². The van der Waals surface area contributed by atoms with Crippen molar-refractivity contribution in [3.05, 3.63) is 46.2 Å². The maximum atomic E-state index is 11.8. The molecule has 1 aliphatic rings. The molecule has 0 unspecified atom stereocenters. The van der Waals surface area contributed by atoms with Gasteiger partial charge in [-0.2, -0.15) is 0 Å². The molecule has 6 heteroatoms. The molecule has 1 N–H and O–H groups in total. The Kier molecular flexibility index (Phi) is 5.13. The predicted molar refractivity (Wildman–Crippen MR) is 84.4 cm³/mol. The molecule has 2 aromatic heterocycles. The summed E-state index contributed by atoms with van der Waals surface area (Å²) in [6.45, 7) is 1.24. The molecule has 3 rings (SSSR count). The Hall–Kier alpha value is -1.79. The van der Waals surface area contributed by atoms with Gasteiger partial charge in [0.15, 0.2) is 5.82 Å². The number of thiophene rings is 1. The quantitative estimate of drug-likeness (QED) is 0.921. The van der Waals surface area contributed by atoms with Crippen LogP contribution in [0.2, 0.25) is 0 Å². The van der Waals surface area contributed by atoms with Crippen LogP contribution in [0.4, 0.5) is 0 Å². The number of rotatable bonds is 5. The number of aromatic nitrogens is 2. The van der Waals surface area contributed by atoms with Gasteiger partial charge in [-0.1, -0.05) is 6.07 Å². The van der Waals surface area contributed by atoms with Crippen LogP contribution in [0.3, 0.4) is 0 Å². The smallest absolute Gasteiger partial charge is 0.225 e. The Morgan fingerprint density at radius 3 is 2.91 bits per heavy atom. The van der Waals surface area contributed by atoms with Crippen LogP contribution in [0.1, 0.15) is 41.6 Å². The minimum absolute atomic E-state index is 0.0159. The van der Waals surface area contributed by atoms with E-state index < -0.39 is 0 Å².